The van der Waals surface area contributed by atoms with E-state index in [4.69, 9.17) is 4.42 Å². The molecule has 7 nitrogen and oxygen atoms in total. The fraction of sp³-hybridized carbons (Fsp3) is 0.118. The van der Waals surface area contributed by atoms with Gasteiger partial charge >= 0.3 is 5.76 Å². The number of nitrogens with zero attached hydrogens (tertiary/aromatic N) is 1. The lowest BCUT2D eigenvalue weighted by Gasteiger charge is -2.08. The summed E-state index contributed by atoms with van der Waals surface area (Å²) in [5.41, 5.74) is 5.94. The summed E-state index contributed by atoms with van der Waals surface area (Å²) in [4.78, 5) is 35.5. The van der Waals surface area contributed by atoms with Crippen LogP contribution in [0.15, 0.2) is 57.7 Å². The smallest absolute Gasteiger partial charge is 0.408 e. The Morgan fingerprint density at radius 2 is 1.68 bits per heavy atom. The van der Waals surface area contributed by atoms with E-state index in [9.17, 15) is 18.8 Å². The third-order valence-corrected chi connectivity index (χ3v) is 3.49. The summed E-state index contributed by atoms with van der Waals surface area (Å²) >= 11 is 0. The van der Waals surface area contributed by atoms with Crippen LogP contribution in [0.5, 0.6) is 0 Å². The van der Waals surface area contributed by atoms with E-state index in [1.807, 2.05) is 0 Å². The number of hydrazine groups is 1. The maximum absolute atomic E-state index is 12.8. The van der Waals surface area contributed by atoms with Crippen molar-refractivity contribution in [3.05, 3.63) is 70.5 Å². The van der Waals surface area contributed by atoms with Crippen molar-refractivity contribution in [3.8, 4) is 0 Å². The third-order valence-electron chi connectivity index (χ3n) is 3.49. The highest BCUT2D eigenvalue weighted by Gasteiger charge is 2.13. The lowest BCUT2D eigenvalue weighted by Crippen LogP contribution is -2.44. The number of nitrogens with one attached hydrogen (secondary N) is 2. The molecule has 1 heterocycles. The average molecular weight is 343 g/mol. The third kappa shape index (κ3) is 3.92. The number of oxazole rings is 1. The number of hydrogen-bond donors (Lipinski definition) is 2. The minimum Gasteiger partial charge on any atom is -0.408 e. The van der Waals surface area contributed by atoms with Gasteiger partial charge in [0.05, 0.1) is 11.9 Å². The van der Waals surface area contributed by atoms with E-state index >= 15 is 0 Å². The molecule has 0 saturated heterocycles. The Morgan fingerprint density at radius 1 is 1.00 bits per heavy atom. The number of aromatic nitrogens is 1. The van der Waals surface area contributed by atoms with Crippen LogP contribution in [-0.2, 0) is 22.6 Å². The van der Waals surface area contributed by atoms with Gasteiger partial charge < -0.3 is 4.42 Å². The summed E-state index contributed by atoms with van der Waals surface area (Å²) < 4.78 is 19.0. The molecule has 2 N–H and O–H groups in total. The van der Waals surface area contributed by atoms with Gasteiger partial charge in [-0.2, -0.15) is 0 Å². The Hall–Kier alpha value is -3.42. The SMILES string of the molecule is O=C(Cc1ccc(F)cc1)NNC(=O)Cn1c(=O)oc2ccccc21. The van der Waals surface area contributed by atoms with Crippen molar-refractivity contribution in [2.24, 2.45) is 0 Å². The van der Waals surface area contributed by atoms with Crippen molar-refractivity contribution in [3.63, 3.8) is 0 Å². The predicted molar refractivity (Wildman–Crippen MR) is 86.9 cm³/mol. The van der Waals surface area contributed by atoms with Crippen molar-refractivity contribution in [2.75, 3.05) is 0 Å². The van der Waals surface area contributed by atoms with Crippen molar-refractivity contribution in [2.45, 2.75) is 13.0 Å². The number of halogens is 1. The van der Waals surface area contributed by atoms with E-state index < -0.39 is 23.4 Å². The molecule has 2 amide bonds. The van der Waals surface area contributed by atoms with Crippen LogP contribution in [0.3, 0.4) is 0 Å². The van der Waals surface area contributed by atoms with E-state index in [-0.39, 0.29) is 13.0 Å². The second-order valence-electron chi connectivity index (χ2n) is 5.32. The molecular weight excluding hydrogens is 329 g/mol. The molecule has 1 aromatic heterocycles. The lowest BCUT2D eigenvalue weighted by molar-refractivity contribution is -0.128. The number of fused-ring (bicyclic) bond motifs is 1. The number of carbonyl (C=O) groups is 2. The van der Waals surface area contributed by atoms with Crippen molar-refractivity contribution < 1.29 is 18.4 Å². The quantitative estimate of drug-likeness (QED) is 0.695. The zero-order valence-corrected chi connectivity index (χ0v) is 13.0. The average Bonchev–Trinajstić information content (AvgIpc) is 2.91. The Balaban J connectivity index is 1.57. The summed E-state index contributed by atoms with van der Waals surface area (Å²) in [6.45, 7) is -0.299. The zero-order valence-electron chi connectivity index (χ0n) is 13.0. The van der Waals surface area contributed by atoms with Crippen LogP contribution in [0.4, 0.5) is 4.39 Å². The number of rotatable bonds is 4. The molecule has 0 fully saturated rings. The Labute approximate surface area is 141 Å². The van der Waals surface area contributed by atoms with Gasteiger partial charge in [0, 0.05) is 0 Å². The van der Waals surface area contributed by atoms with E-state index in [1.54, 1.807) is 24.3 Å². The molecule has 0 aliphatic rings. The van der Waals surface area contributed by atoms with Crippen LogP contribution < -0.4 is 16.6 Å². The van der Waals surface area contributed by atoms with Crippen molar-refractivity contribution in [1.29, 1.82) is 0 Å². The highest BCUT2D eigenvalue weighted by Crippen LogP contribution is 2.11. The molecule has 0 spiro atoms. The molecule has 2 aromatic carbocycles. The first-order valence-electron chi connectivity index (χ1n) is 7.43. The summed E-state index contributed by atoms with van der Waals surface area (Å²) in [5.74, 6) is -2.10. The standard InChI is InChI=1S/C17H14FN3O4/c18-12-7-5-11(6-8-12)9-15(22)19-20-16(23)10-21-13-3-1-2-4-14(13)25-17(21)24/h1-8H,9-10H2,(H,19,22)(H,20,23). The number of carbonyl (C=O) groups excluding carboxylic acids is 2. The van der Waals surface area contributed by atoms with Gasteiger partial charge in [-0.05, 0) is 29.8 Å². The van der Waals surface area contributed by atoms with Crippen LogP contribution in [-0.4, -0.2) is 16.4 Å². The van der Waals surface area contributed by atoms with E-state index in [0.717, 1.165) is 4.57 Å². The maximum Gasteiger partial charge on any atom is 0.420 e. The second-order valence-corrected chi connectivity index (χ2v) is 5.32. The Bertz CT molecular complexity index is 975. The molecule has 0 unspecified atom stereocenters. The first-order valence-corrected chi connectivity index (χ1v) is 7.43. The van der Waals surface area contributed by atoms with Crippen molar-refractivity contribution in [1.82, 2.24) is 15.4 Å². The van der Waals surface area contributed by atoms with Crippen LogP contribution in [0, 0.1) is 5.82 Å². The molecule has 3 rings (SSSR count). The lowest BCUT2D eigenvalue weighted by atomic mass is 10.1. The van der Waals surface area contributed by atoms with Crippen LogP contribution in [0.1, 0.15) is 5.56 Å². The fourth-order valence-electron chi connectivity index (χ4n) is 2.32. The number of para-hydroxylation sites is 2. The monoisotopic (exact) mass is 343 g/mol. The van der Waals surface area contributed by atoms with Gasteiger partial charge in [-0.3, -0.25) is 25.0 Å². The topological polar surface area (TPSA) is 93.3 Å². The first kappa shape index (κ1) is 16.4. The molecule has 0 radical (unpaired) electrons. The highest BCUT2D eigenvalue weighted by molar-refractivity contribution is 5.84. The molecule has 0 saturated carbocycles. The van der Waals surface area contributed by atoms with Gasteiger partial charge in [0.2, 0.25) is 5.91 Å². The van der Waals surface area contributed by atoms with Gasteiger partial charge in [0.25, 0.3) is 5.91 Å². The molecule has 3 aromatic rings. The maximum atomic E-state index is 12.8. The van der Waals surface area contributed by atoms with E-state index in [0.29, 0.717) is 16.7 Å². The highest BCUT2D eigenvalue weighted by atomic mass is 19.1. The summed E-state index contributed by atoms with van der Waals surface area (Å²) in [6, 6.07) is 12.2. The Kier molecular flexibility index (Phi) is 4.60. The molecule has 0 atom stereocenters. The summed E-state index contributed by atoms with van der Waals surface area (Å²) in [7, 11) is 0. The van der Waals surface area contributed by atoms with Crippen LogP contribution >= 0.6 is 0 Å². The largest absolute Gasteiger partial charge is 0.420 e. The minimum atomic E-state index is -0.658. The van der Waals surface area contributed by atoms with E-state index in [1.165, 1.54) is 24.3 Å². The molecule has 0 aliphatic carbocycles. The van der Waals surface area contributed by atoms with Crippen LogP contribution in [0.2, 0.25) is 0 Å². The normalized spacial score (nSPS) is 10.6. The van der Waals surface area contributed by atoms with E-state index in [2.05, 4.69) is 10.9 Å². The minimum absolute atomic E-state index is 0.0187. The van der Waals surface area contributed by atoms with Crippen molar-refractivity contribution >= 4 is 22.9 Å². The van der Waals surface area contributed by atoms with Gasteiger partial charge in [0.15, 0.2) is 5.58 Å². The Morgan fingerprint density at radius 3 is 2.44 bits per heavy atom. The zero-order chi connectivity index (χ0) is 17.8. The molecule has 128 valence electrons. The molecule has 8 heteroatoms. The van der Waals surface area contributed by atoms with Gasteiger partial charge in [-0.25, -0.2) is 9.18 Å². The number of amides is 2. The fourth-order valence-corrected chi connectivity index (χ4v) is 2.32. The van der Waals surface area contributed by atoms with Gasteiger partial charge in [-0.1, -0.05) is 24.3 Å². The number of hydrogen-bond acceptors (Lipinski definition) is 4. The van der Waals surface area contributed by atoms with Crippen LogP contribution in [0.25, 0.3) is 11.1 Å². The summed E-state index contributed by atoms with van der Waals surface area (Å²) in [6.07, 6.45) is -0.0187. The molecule has 0 bridgehead atoms. The second kappa shape index (κ2) is 7.00. The molecule has 25 heavy (non-hydrogen) atoms. The number of benzene rings is 2. The molecule has 0 aliphatic heterocycles. The molecular formula is C17H14FN3O4. The van der Waals surface area contributed by atoms with Gasteiger partial charge in [0.1, 0.15) is 12.4 Å². The first-order chi connectivity index (χ1) is 12.0. The summed E-state index contributed by atoms with van der Waals surface area (Å²) in [5, 5.41) is 0. The van der Waals surface area contributed by atoms with Gasteiger partial charge in [-0.15, -0.1) is 0 Å². The predicted octanol–water partition coefficient (Wildman–Crippen LogP) is 1.12.